The summed E-state index contributed by atoms with van der Waals surface area (Å²) in [5.74, 6) is -0.594. The van der Waals surface area contributed by atoms with Crippen molar-refractivity contribution in [2.24, 2.45) is 5.73 Å². The van der Waals surface area contributed by atoms with Gasteiger partial charge >= 0.3 is 0 Å². The summed E-state index contributed by atoms with van der Waals surface area (Å²) in [4.78, 5) is 40.6. The fourth-order valence-corrected chi connectivity index (χ4v) is 3.95. The zero-order chi connectivity index (χ0) is 25.6. The van der Waals surface area contributed by atoms with Crippen LogP contribution in [0.5, 0.6) is 0 Å². The molecule has 3 aromatic carbocycles. The first kappa shape index (κ1) is 26.6. The molecule has 0 spiro atoms. The molecule has 0 aromatic heterocycles. The molecule has 3 aromatic rings. The van der Waals surface area contributed by atoms with Crippen LogP contribution in [0.25, 0.3) is 0 Å². The molecule has 0 fully saturated rings. The molecule has 7 heteroatoms. The number of hydrogen-bond donors (Lipinski definition) is 3. The number of nitrogens with one attached hydrogen (secondary N) is 2. The highest BCUT2D eigenvalue weighted by atomic mass is 16.2. The van der Waals surface area contributed by atoms with Crippen LogP contribution in [0.15, 0.2) is 91.0 Å². The van der Waals surface area contributed by atoms with Crippen LogP contribution in [0.1, 0.15) is 23.1 Å². The van der Waals surface area contributed by atoms with E-state index >= 15 is 0 Å². The van der Waals surface area contributed by atoms with Crippen LogP contribution in [0, 0.1) is 0 Å². The van der Waals surface area contributed by atoms with Crippen molar-refractivity contribution in [1.82, 2.24) is 15.5 Å². The van der Waals surface area contributed by atoms with Gasteiger partial charge in [0.1, 0.15) is 6.04 Å². The Morgan fingerprint density at radius 3 is 1.89 bits per heavy atom. The van der Waals surface area contributed by atoms with Gasteiger partial charge in [0.15, 0.2) is 0 Å². The summed E-state index contributed by atoms with van der Waals surface area (Å²) in [6, 6.07) is 28.0. The van der Waals surface area contributed by atoms with E-state index in [0.29, 0.717) is 13.0 Å². The minimum Gasteiger partial charge on any atom is -0.354 e. The van der Waals surface area contributed by atoms with Gasteiger partial charge in [-0.1, -0.05) is 91.0 Å². The lowest BCUT2D eigenvalue weighted by molar-refractivity contribution is -0.140. The van der Waals surface area contributed by atoms with Gasteiger partial charge in [-0.05, 0) is 16.7 Å². The van der Waals surface area contributed by atoms with E-state index in [1.54, 1.807) is 4.90 Å². The number of hydrogen-bond acceptors (Lipinski definition) is 4. The fraction of sp³-hybridized carbons (Fsp3) is 0.276. The van der Waals surface area contributed by atoms with Gasteiger partial charge in [0.05, 0.1) is 6.42 Å². The summed E-state index contributed by atoms with van der Waals surface area (Å²) in [5.41, 5.74) is 8.25. The van der Waals surface area contributed by atoms with E-state index in [2.05, 4.69) is 10.6 Å². The maximum Gasteiger partial charge on any atom is 0.243 e. The van der Waals surface area contributed by atoms with Crippen molar-refractivity contribution in [3.05, 3.63) is 108 Å². The van der Waals surface area contributed by atoms with Gasteiger partial charge in [-0.3, -0.25) is 14.4 Å². The lowest BCUT2D eigenvalue weighted by Gasteiger charge is -2.31. The molecular formula is C29H34N4O3. The van der Waals surface area contributed by atoms with E-state index in [9.17, 15) is 14.4 Å². The highest BCUT2D eigenvalue weighted by Crippen LogP contribution is 2.13. The van der Waals surface area contributed by atoms with Crippen LogP contribution < -0.4 is 16.4 Å². The molecule has 36 heavy (non-hydrogen) atoms. The van der Waals surface area contributed by atoms with Crippen LogP contribution in [0.4, 0.5) is 0 Å². The van der Waals surface area contributed by atoms with Crippen LogP contribution in [-0.2, 0) is 33.8 Å². The molecule has 0 aliphatic heterocycles. The van der Waals surface area contributed by atoms with Gasteiger partial charge in [-0.15, -0.1) is 0 Å². The first-order chi connectivity index (χ1) is 17.6. The van der Waals surface area contributed by atoms with Crippen LogP contribution >= 0.6 is 0 Å². The molecule has 0 bridgehead atoms. The van der Waals surface area contributed by atoms with Crippen molar-refractivity contribution in [3.8, 4) is 0 Å². The normalized spacial score (nSPS) is 11.4. The van der Waals surface area contributed by atoms with Crippen molar-refractivity contribution in [3.63, 3.8) is 0 Å². The highest BCUT2D eigenvalue weighted by Gasteiger charge is 2.30. The summed E-state index contributed by atoms with van der Waals surface area (Å²) < 4.78 is 0. The lowest BCUT2D eigenvalue weighted by Crippen LogP contribution is -2.53. The number of amides is 3. The molecule has 3 amide bonds. The fourth-order valence-electron chi connectivity index (χ4n) is 3.95. The van der Waals surface area contributed by atoms with E-state index < -0.39 is 6.04 Å². The third-order valence-corrected chi connectivity index (χ3v) is 5.83. The van der Waals surface area contributed by atoms with Crippen molar-refractivity contribution in [2.75, 3.05) is 19.6 Å². The van der Waals surface area contributed by atoms with Crippen LogP contribution in [0.2, 0.25) is 0 Å². The second-order valence-corrected chi connectivity index (χ2v) is 8.55. The zero-order valence-electron chi connectivity index (χ0n) is 20.4. The Morgan fingerprint density at radius 1 is 0.750 bits per heavy atom. The second kappa shape index (κ2) is 14.4. The van der Waals surface area contributed by atoms with Gasteiger partial charge in [0.2, 0.25) is 17.7 Å². The molecule has 0 aliphatic rings. The molecule has 0 saturated heterocycles. The number of rotatable bonds is 13. The minimum atomic E-state index is -0.737. The van der Waals surface area contributed by atoms with Crippen LogP contribution in [-0.4, -0.2) is 48.3 Å². The SMILES string of the molecule is NCCC(=O)NCCN(C(=O)Cc1ccccc1)C(Cc1ccccc1)C(=O)NCc1ccccc1. The molecule has 0 saturated carbocycles. The third kappa shape index (κ3) is 8.67. The quantitative estimate of drug-likeness (QED) is 0.345. The standard InChI is InChI=1S/C29H34N4O3/c30-17-16-27(34)31-18-19-33(28(35)21-24-12-6-2-7-13-24)26(20-23-10-4-1-5-11-23)29(36)32-22-25-14-8-3-9-15-25/h1-15,26H,16-22,30H2,(H,31,34)(H,32,36). The Kier molecular flexibility index (Phi) is 10.7. The van der Waals surface area contributed by atoms with E-state index in [-0.39, 0.29) is 50.2 Å². The Balaban J connectivity index is 1.82. The molecular weight excluding hydrogens is 452 g/mol. The van der Waals surface area contributed by atoms with E-state index in [1.165, 1.54) is 0 Å². The summed E-state index contributed by atoms with van der Waals surface area (Å²) >= 11 is 0. The van der Waals surface area contributed by atoms with E-state index in [0.717, 1.165) is 16.7 Å². The minimum absolute atomic E-state index is 0.162. The van der Waals surface area contributed by atoms with Crippen molar-refractivity contribution in [2.45, 2.75) is 31.8 Å². The maximum absolute atomic E-state index is 13.5. The van der Waals surface area contributed by atoms with Gasteiger partial charge in [-0.25, -0.2) is 0 Å². The molecule has 0 radical (unpaired) electrons. The topological polar surface area (TPSA) is 105 Å². The number of benzene rings is 3. The smallest absolute Gasteiger partial charge is 0.243 e. The largest absolute Gasteiger partial charge is 0.354 e. The first-order valence-corrected chi connectivity index (χ1v) is 12.2. The second-order valence-electron chi connectivity index (χ2n) is 8.55. The van der Waals surface area contributed by atoms with Crippen molar-refractivity contribution in [1.29, 1.82) is 0 Å². The third-order valence-electron chi connectivity index (χ3n) is 5.83. The molecule has 4 N–H and O–H groups in total. The molecule has 1 atom stereocenters. The Labute approximate surface area is 212 Å². The monoisotopic (exact) mass is 486 g/mol. The highest BCUT2D eigenvalue weighted by molar-refractivity contribution is 5.89. The van der Waals surface area contributed by atoms with E-state index in [1.807, 2.05) is 91.0 Å². The average molecular weight is 487 g/mol. The Morgan fingerprint density at radius 2 is 1.31 bits per heavy atom. The Hall–Kier alpha value is -3.97. The summed E-state index contributed by atoms with van der Waals surface area (Å²) in [6.07, 6.45) is 0.733. The summed E-state index contributed by atoms with van der Waals surface area (Å²) in [7, 11) is 0. The predicted molar refractivity (Wildman–Crippen MR) is 141 cm³/mol. The van der Waals surface area contributed by atoms with Gasteiger partial charge in [0, 0.05) is 39.0 Å². The molecule has 3 rings (SSSR count). The number of carbonyl (C=O) groups is 3. The van der Waals surface area contributed by atoms with Crippen molar-refractivity contribution >= 4 is 17.7 Å². The summed E-state index contributed by atoms with van der Waals surface area (Å²) in [6.45, 7) is 1.05. The molecule has 1 unspecified atom stereocenters. The lowest BCUT2D eigenvalue weighted by atomic mass is 10.0. The van der Waals surface area contributed by atoms with Gasteiger partial charge in [0.25, 0.3) is 0 Å². The first-order valence-electron chi connectivity index (χ1n) is 12.2. The number of nitrogens with two attached hydrogens (primary N) is 1. The molecule has 7 nitrogen and oxygen atoms in total. The average Bonchev–Trinajstić information content (AvgIpc) is 2.90. The predicted octanol–water partition coefficient (Wildman–Crippen LogP) is 2.45. The van der Waals surface area contributed by atoms with Crippen molar-refractivity contribution < 1.29 is 14.4 Å². The Bertz CT molecular complexity index is 1090. The zero-order valence-corrected chi connectivity index (χ0v) is 20.4. The van der Waals surface area contributed by atoms with E-state index in [4.69, 9.17) is 5.73 Å². The molecule has 0 aliphatic carbocycles. The molecule has 0 heterocycles. The van der Waals surface area contributed by atoms with Gasteiger partial charge in [-0.2, -0.15) is 0 Å². The molecule has 188 valence electrons. The number of nitrogens with zero attached hydrogens (tertiary/aromatic N) is 1. The van der Waals surface area contributed by atoms with Gasteiger partial charge < -0.3 is 21.3 Å². The summed E-state index contributed by atoms with van der Waals surface area (Å²) in [5, 5.41) is 5.81. The van der Waals surface area contributed by atoms with Crippen LogP contribution in [0.3, 0.4) is 0 Å². The number of carbonyl (C=O) groups excluding carboxylic acids is 3. The maximum atomic E-state index is 13.5.